The molecule has 1 heterocycles. The van der Waals surface area contributed by atoms with Gasteiger partial charge in [-0.1, -0.05) is 28.1 Å². The van der Waals surface area contributed by atoms with Crippen molar-refractivity contribution in [3.8, 4) is 11.5 Å². The molecule has 2 aromatic carbocycles. The van der Waals surface area contributed by atoms with Gasteiger partial charge >= 0.3 is 0 Å². The van der Waals surface area contributed by atoms with Crippen molar-refractivity contribution < 1.29 is 14.6 Å². The highest BCUT2D eigenvalue weighted by atomic mass is 79.9. The lowest BCUT2D eigenvalue weighted by molar-refractivity contribution is 0.0972. The van der Waals surface area contributed by atoms with E-state index in [1.165, 1.54) is 18.9 Å². The van der Waals surface area contributed by atoms with Crippen LogP contribution in [0.25, 0.3) is 0 Å². The van der Waals surface area contributed by atoms with Crippen LogP contribution in [0.4, 0.5) is 0 Å². The quantitative estimate of drug-likeness (QED) is 0.846. The van der Waals surface area contributed by atoms with Crippen molar-refractivity contribution in [3.05, 3.63) is 52.0 Å². The number of methoxy groups -OCH3 is 1. The van der Waals surface area contributed by atoms with Crippen molar-refractivity contribution in [3.63, 3.8) is 0 Å². The molecule has 0 saturated heterocycles. The number of phenolic OH excluding ortho intramolecular Hbond substituents is 1. The summed E-state index contributed by atoms with van der Waals surface area (Å²) >= 11 is 4.92. The number of Topliss-reactive ketones (excluding diaryl/α,β-unsaturated/α-hetero) is 1. The minimum atomic E-state index is 0.00409. The Labute approximate surface area is 135 Å². The van der Waals surface area contributed by atoms with Crippen LogP contribution in [-0.4, -0.2) is 18.0 Å². The molecule has 0 saturated carbocycles. The molecule has 0 spiro atoms. The number of ether oxygens (including phenoxy) is 1. The summed E-state index contributed by atoms with van der Waals surface area (Å²) in [4.78, 5) is 13.1. The van der Waals surface area contributed by atoms with Crippen molar-refractivity contribution in [2.24, 2.45) is 0 Å². The number of thioether (sulfide) groups is 1. The Kier molecular flexibility index (Phi) is 3.95. The molecule has 0 aliphatic carbocycles. The summed E-state index contributed by atoms with van der Waals surface area (Å²) < 4.78 is 6.25. The van der Waals surface area contributed by atoms with Crippen LogP contribution in [0.3, 0.4) is 0 Å². The van der Waals surface area contributed by atoms with Gasteiger partial charge in [0.15, 0.2) is 5.78 Å². The van der Waals surface area contributed by atoms with Crippen LogP contribution in [0.5, 0.6) is 11.5 Å². The Bertz CT molecular complexity index is 697. The van der Waals surface area contributed by atoms with Crippen molar-refractivity contribution in [2.45, 2.75) is 16.6 Å². The number of rotatable bonds is 2. The maximum absolute atomic E-state index is 12.5. The molecular formula is C16H13BrO3S. The van der Waals surface area contributed by atoms with Crippen LogP contribution < -0.4 is 4.74 Å². The summed E-state index contributed by atoms with van der Waals surface area (Å²) in [7, 11) is 1.53. The number of aromatic hydroxyl groups is 1. The van der Waals surface area contributed by atoms with Crippen LogP contribution in [0, 0.1) is 0 Å². The number of carbonyl (C=O) groups excluding carboxylic acids is 1. The van der Waals surface area contributed by atoms with Crippen molar-refractivity contribution in [2.75, 3.05) is 7.11 Å². The zero-order valence-electron chi connectivity index (χ0n) is 11.3. The van der Waals surface area contributed by atoms with Gasteiger partial charge in [0.25, 0.3) is 0 Å². The second-order valence-electron chi connectivity index (χ2n) is 4.78. The van der Waals surface area contributed by atoms with E-state index in [4.69, 9.17) is 4.74 Å². The molecule has 3 rings (SSSR count). The maximum Gasteiger partial charge on any atom is 0.169 e. The topological polar surface area (TPSA) is 46.5 Å². The fourth-order valence-corrected chi connectivity index (χ4v) is 4.02. The second-order valence-corrected chi connectivity index (χ2v) is 6.91. The van der Waals surface area contributed by atoms with Crippen LogP contribution in [-0.2, 0) is 0 Å². The van der Waals surface area contributed by atoms with Gasteiger partial charge in [-0.2, -0.15) is 0 Å². The third-order valence-electron chi connectivity index (χ3n) is 3.47. The summed E-state index contributed by atoms with van der Waals surface area (Å²) in [6, 6.07) is 11.1. The summed E-state index contributed by atoms with van der Waals surface area (Å²) in [5.74, 6) is 0.657. The molecule has 1 aliphatic heterocycles. The standard InChI is InChI=1S/C16H13BrO3S/c1-20-13-7-6-11(18)16-15(13)12(19)8-14(21-16)9-2-4-10(17)5-3-9/h2-7,14,18H,8H2,1H3. The molecule has 1 N–H and O–H groups in total. The fourth-order valence-electron chi connectivity index (χ4n) is 2.42. The Morgan fingerprint density at radius 3 is 2.62 bits per heavy atom. The first-order valence-corrected chi connectivity index (χ1v) is 8.12. The molecule has 0 aromatic heterocycles. The normalized spacial score (nSPS) is 17.4. The highest BCUT2D eigenvalue weighted by molar-refractivity contribution is 9.10. The molecule has 2 aromatic rings. The number of phenols is 1. The minimum Gasteiger partial charge on any atom is -0.507 e. The van der Waals surface area contributed by atoms with Gasteiger partial charge in [-0.15, -0.1) is 11.8 Å². The van der Waals surface area contributed by atoms with Gasteiger partial charge < -0.3 is 9.84 Å². The first kappa shape index (κ1) is 14.5. The SMILES string of the molecule is COc1ccc(O)c2c1C(=O)CC(c1ccc(Br)cc1)S2. The first-order valence-electron chi connectivity index (χ1n) is 6.45. The van der Waals surface area contributed by atoms with E-state index in [2.05, 4.69) is 15.9 Å². The van der Waals surface area contributed by atoms with E-state index in [1.807, 2.05) is 24.3 Å². The van der Waals surface area contributed by atoms with E-state index in [0.717, 1.165) is 10.0 Å². The van der Waals surface area contributed by atoms with E-state index in [0.29, 0.717) is 22.6 Å². The lowest BCUT2D eigenvalue weighted by atomic mass is 10.0. The van der Waals surface area contributed by atoms with E-state index in [9.17, 15) is 9.90 Å². The fraction of sp³-hybridized carbons (Fsp3) is 0.188. The summed E-state index contributed by atoms with van der Waals surface area (Å²) in [5, 5.41) is 10.1. The molecule has 3 nitrogen and oxygen atoms in total. The van der Waals surface area contributed by atoms with Gasteiger partial charge in [-0.3, -0.25) is 4.79 Å². The molecule has 5 heteroatoms. The van der Waals surface area contributed by atoms with Crippen molar-refractivity contribution >= 4 is 33.5 Å². The molecule has 1 aliphatic rings. The Hall–Kier alpha value is -1.46. The summed E-state index contributed by atoms with van der Waals surface area (Å²) in [6.45, 7) is 0. The van der Waals surface area contributed by atoms with Gasteiger partial charge in [0.05, 0.1) is 17.6 Å². The monoisotopic (exact) mass is 364 g/mol. The number of carbonyl (C=O) groups is 1. The average molecular weight is 365 g/mol. The largest absolute Gasteiger partial charge is 0.507 e. The number of halogens is 1. The predicted octanol–water partition coefficient (Wildman–Crippen LogP) is 4.58. The minimum absolute atomic E-state index is 0.00409. The van der Waals surface area contributed by atoms with Crippen molar-refractivity contribution in [1.82, 2.24) is 0 Å². The zero-order chi connectivity index (χ0) is 15.0. The van der Waals surface area contributed by atoms with Crippen molar-refractivity contribution in [1.29, 1.82) is 0 Å². The molecular weight excluding hydrogens is 352 g/mol. The van der Waals surface area contributed by atoms with Crippen LogP contribution in [0.1, 0.15) is 27.6 Å². The van der Waals surface area contributed by atoms with Crippen LogP contribution in [0.2, 0.25) is 0 Å². The lowest BCUT2D eigenvalue weighted by Gasteiger charge is -2.25. The number of benzene rings is 2. The molecule has 0 fully saturated rings. The molecule has 0 radical (unpaired) electrons. The summed E-state index contributed by atoms with van der Waals surface area (Å²) in [6.07, 6.45) is 0.402. The average Bonchev–Trinajstić information content (AvgIpc) is 2.49. The number of fused-ring (bicyclic) bond motifs is 1. The smallest absolute Gasteiger partial charge is 0.169 e. The Morgan fingerprint density at radius 1 is 1.24 bits per heavy atom. The molecule has 1 atom stereocenters. The van der Waals surface area contributed by atoms with Gasteiger partial charge in [-0.25, -0.2) is 0 Å². The molecule has 108 valence electrons. The van der Waals surface area contributed by atoms with Gasteiger partial charge in [0.2, 0.25) is 0 Å². The third kappa shape index (κ3) is 2.68. The second kappa shape index (κ2) is 5.73. The van der Waals surface area contributed by atoms with Gasteiger partial charge in [0, 0.05) is 16.1 Å². The molecule has 0 amide bonds. The van der Waals surface area contributed by atoms with E-state index < -0.39 is 0 Å². The van der Waals surface area contributed by atoms with Crippen LogP contribution >= 0.6 is 27.7 Å². The molecule has 1 unspecified atom stereocenters. The number of ketones is 1. The van der Waals surface area contributed by atoms with Gasteiger partial charge in [-0.05, 0) is 29.8 Å². The highest BCUT2D eigenvalue weighted by Crippen LogP contribution is 2.50. The summed E-state index contributed by atoms with van der Waals surface area (Å²) in [5.41, 5.74) is 1.57. The number of hydrogen-bond acceptors (Lipinski definition) is 4. The van der Waals surface area contributed by atoms with E-state index in [1.54, 1.807) is 12.1 Å². The number of hydrogen-bond donors (Lipinski definition) is 1. The zero-order valence-corrected chi connectivity index (χ0v) is 13.7. The molecule has 21 heavy (non-hydrogen) atoms. The first-order chi connectivity index (χ1) is 10.1. The maximum atomic E-state index is 12.5. The Morgan fingerprint density at radius 2 is 1.95 bits per heavy atom. The predicted molar refractivity (Wildman–Crippen MR) is 86.3 cm³/mol. The lowest BCUT2D eigenvalue weighted by Crippen LogP contribution is -2.13. The van der Waals surface area contributed by atoms with Gasteiger partial charge in [0.1, 0.15) is 11.5 Å². The highest BCUT2D eigenvalue weighted by Gasteiger charge is 2.31. The van der Waals surface area contributed by atoms with E-state index >= 15 is 0 Å². The third-order valence-corrected chi connectivity index (χ3v) is 5.37. The Balaban J connectivity index is 2.02. The van der Waals surface area contributed by atoms with E-state index in [-0.39, 0.29) is 16.8 Å². The molecule has 0 bridgehead atoms. The van der Waals surface area contributed by atoms with Crippen LogP contribution in [0.15, 0.2) is 45.8 Å².